The molecule has 1 N–H and O–H groups in total. The summed E-state index contributed by atoms with van der Waals surface area (Å²) in [6, 6.07) is 9.46. The zero-order valence-electron chi connectivity index (χ0n) is 12.2. The van der Waals surface area contributed by atoms with E-state index in [1.165, 1.54) is 6.20 Å². The van der Waals surface area contributed by atoms with Crippen molar-refractivity contribution in [3.05, 3.63) is 48.3 Å². The molecule has 1 aromatic heterocycles. The van der Waals surface area contributed by atoms with E-state index in [2.05, 4.69) is 10.4 Å². The Balaban J connectivity index is 1.75. The van der Waals surface area contributed by atoms with Crippen molar-refractivity contribution in [2.45, 2.75) is 18.9 Å². The Hall–Kier alpha value is -2.15. The highest BCUT2D eigenvalue weighted by Crippen LogP contribution is 2.23. The molecule has 0 aliphatic carbocycles. The number of hydrogen-bond acceptors (Lipinski definition) is 4. The van der Waals surface area contributed by atoms with Crippen molar-refractivity contribution >= 4 is 15.7 Å². The predicted octanol–water partition coefficient (Wildman–Crippen LogP) is 1.18. The maximum atomic E-state index is 12.3. The van der Waals surface area contributed by atoms with Gasteiger partial charge in [0.15, 0.2) is 9.84 Å². The summed E-state index contributed by atoms with van der Waals surface area (Å²) in [6.45, 7) is 1.76. The summed E-state index contributed by atoms with van der Waals surface area (Å²) in [6.07, 6.45) is 3.56. The van der Waals surface area contributed by atoms with Gasteiger partial charge in [0.2, 0.25) is 0 Å². The molecule has 1 aliphatic heterocycles. The van der Waals surface area contributed by atoms with Gasteiger partial charge in [-0.2, -0.15) is 5.10 Å². The lowest BCUT2D eigenvalue weighted by Gasteiger charge is -2.23. The molecule has 2 heterocycles. The molecule has 0 bridgehead atoms. The SMILES string of the molecule is C[C@]1(NC(=O)c2cnn(-c3ccccc3)c2)CCS(=O)(=O)C1. The molecule has 2 aromatic rings. The third kappa shape index (κ3) is 3.04. The van der Waals surface area contributed by atoms with E-state index in [1.54, 1.807) is 17.8 Å². The minimum absolute atomic E-state index is 0.0153. The molecule has 0 saturated carbocycles. The standard InChI is InChI=1S/C15H17N3O3S/c1-15(7-8-22(20,21)11-15)17-14(19)12-9-16-18(10-12)13-5-3-2-4-6-13/h2-6,9-10H,7-8,11H2,1H3,(H,17,19)/t15-/m0/s1. The van der Waals surface area contributed by atoms with Crippen molar-refractivity contribution in [1.82, 2.24) is 15.1 Å². The number of rotatable bonds is 3. The van der Waals surface area contributed by atoms with Crippen LogP contribution in [0.25, 0.3) is 5.69 Å². The molecule has 0 radical (unpaired) electrons. The molecule has 3 rings (SSSR count). The number of nitrogens with one attached hydrogen (secondary N) is 1. The number of amides is 1. The number of nitrogens with zero attached hydrogens (tertiary/aromatic N) is 2. The van der Waals surface area contributed by atoms with Gasteiger partial charge in [0, 0.05) is 6.20 Å². The minimum atomic E-state index is -3.06. The largest absolute Gasteiger partial charge is 0.346 e. The Morgan fingerprint density at radius 2 is 2.05 bits per heavy atom. The lowest BCUT2D eigenvalue weighted by Crippen LogP contribution is -2.46. The van der Waals surface area contributed by atoms with Crippen LogP contribution in [-0.2, 0) is 9.84 Å². The van der Waals surface area contributed by atoms with Crippen LogP contribution in [0.2, 0.25) is 0 Å². The number of hydrogen-bond donors (Lipinski definition) is 1. The summed E-state index contributed by atoms with van der Waals surface area (Å²) in [5.41, 5.74) is 0.565. The van der Waals surface area contributed by atoms with Crippen LogP contribution in [0.4, 0.5) is 0 Å². The predicted molar refractivity (Wildman–Crippen MR) is 82.7 cm³/mol. The first-order valence-corrected chi connectivity index (χ1v) is 8.82. The van der Waals surface area contributed by atoms with Crippen molar-refractivity contribution in [2.75, 3.05) is 11.5 Å². The molecule has 1 atom stereocenters. The fourth-order valence-electron chi connectivity index (χ4n) is 2.62. The van der Waals surface area contributed by atoms with E-state index in [9.17, 15) is 13.2 Å². The van der Waals surface area contributed by atoms with Crippen molar-refractivity contribution in [3.63, 3.8) is 0 Å². The lowest BCUT2D eigenvalue weighted by molar-refractivity contribution is 0.0915. The summed E-state index contributed by atoms with van der Waals surface area (Å²) < 4.78 is 24.8. The van der Waals surface area contributed by atoms with E-state index in [1.807, 2.05) is 30.3 Å². The molecule has 1 fully saturated rings. The third-order valence-electron chi connectivity index (χ3n) is 3.78. The first-order valence-electron chi connectivity index (χ1n) is 7.00. The van der Waals surface area contributed by atoms with Gasteiger partial charge < -0.3 is 5.32 Å². The Morgan fingerprint density at radius 3 is 2.68 bits per heavy atom. The fourth-order valence-corrected chi connectivity index (χ4v) is 4.71. The normalized spacial score (nSPS) is 23.3. The van der Waals surface area contributed by atoms with Gasteiger partial charge in [-0.05, 0) is 25.5 Å². The number of carbonyl (C=O) groups excluding carboxylic acids is 1. The zero-order valence-corrected chi connectivity index (χ0v) is 13.0. The maximum Gasteiger partial charge on any atom is 0.254 e. The van der Waals surface area contributed by atoms with Crippen LogP contribution >= 0.6 is 0 Å². The first kappa shape index (κ1) is 14.8. The zero-order chi connectivity index (χ0) is 15.8. The summed E-state index contributed by atoms with van der Waals surface area (Å²) in [5.74, 6) is -0.201. The second kappa shape index (κ2) is 5.24. The molecule has 1 aliphatic rings. The van der Waals surface area contributed by atoms with Crippen molar-refractivity contribution in [3.8, 4) is 5.69 Å². The van der Waals surface area contributed by atoms with Crippen molar-refractivity contribution in [2.24, 2.45) is 0 Å². The molecular formula is C15H17N3O3S. The molecule has 0 unspecified atom stereocenters. The van der Waals surface area contributed by atoms with Gasteiger partial charge in [-0.15, -0.1) is 0 Å². The van der Waals surface area contributed by atoms with E-state index in [0.29, 0.717) is 12.0 Å². The van der Waals surface area contributed by atoms with E-state index in [0.717, 1.165) is 5.69 Å². The van der Waals surface area contributed by atoms with Crippen LogP contribution in [0, 0.1) is 0 Å². The van der Waals surface area contributed by atoms with E-state index >= 15 is 0 Å². The first-order chi connectivity index (χ1) is 10.4. The van der Waals surface area contributed by atoms with Crippen LogP contribution in [0.1, 0.15) is 23.7 Å². The number of para-hydroxylation sites is 1. The monoisotopic (exact) mass is 319 g/mol. The second-order valence-corrected chi connectivity index (χ2v) is 8.05. The quantitative estimate of drug-likeness (QED) is 0.921. The van der Waals surface area contributed by atoms with E-state index in [4.69, 9.17) is 0 Å². The Bertz CT molecular complexity index is 798. The Labute approximate surface area is 129 Å². The molecule has 1 saturated heterocycles. The summed E-state index contributed by atoms with van der Waals surface area (Å²) >= 11 is 0. The Kier molecular flexibility index (Phi) is 3.52. The molecule has 6 nitrogen and oxygen atoms in total. The summed E-state index contributed by atoms with van der Waals surface area (Å²) in [7, 11) is -3.06. The third-order valence-corrected chi connectivity index (χ3v) is 5.69. The summed E-state index contributed by atoms with van der Waals surface area (Å²) in [4.78, 5) is 12.3. The maximum absolute atomic E-state index is 12.3. The number of aromatic nitrogens is 2. The molecule has 7 heteroatoms. The van der Waals surface area contributed by atoms with Crippen molar-refractivity contribution in [1.29, 1.82) is 0 Å². The molecule has 1 amide bonds. The number of benzene rings is 1. The van der Waals surface area contributed by atoms with Gasteiger partial charge in [-0.1, -0.05) is 18.2 Å². The van der Waals surface area contributed by atoms with Crippen LogP contribution < -0.4 is 5.32 Å². The Morgan fingerprint density at radius 1 is 1.32 bits per heavy atom. The molecule has 1 aromatic carbocycles. The molecule has 22 heavy (non-hydrogen) atoms. The topological polar surface area (TPSA) is 81.1 Å². The number of sulfone groups is 1. The van der Waals surface area contributed by atoms with Gasteiger partial charge in [0.1, 0.15) is 0 Å². The van der Waals surface area contributed by atoms with Gasteiger partial charge in [-0.25, -0.2) is 13.1 Å². The average Bonchev–Trinajstić information content (AvgIpc) is 3.05. The van der Waals surface area contributed by atoms with E-state index in [-0.39, 0.29) is 17.4 Å². The van der Waals surface area contributed by atoms with Crippen LogP contribution in [0.15, 0.2) is 42.7 Å². The molecule has 116 valence electrons. The van der Waals surface area contributed by atoms with Gasteiger partial charge >= 0.3 is 0 Å². The van der Waals surface area contributed by atoms with Crippen LogP contribution in [-0.4, -0.2) is 41.2 Å². The highest BCUT2D eigenvalue weighted by atomic mass is 32.2. The lowest BCUT2D eigenvalue weighted by atomic mass is 10.0. The highest BCUT2D eigenvalue weighted by Gasteiger charge is 2.39. The molecule has 0 spiro atoms. The number of carbonyl (C=O) groups is 1. The van der Waals surface area contributed by atoms with E-state index < -0.39 is 15.4 Å². The van der Waals surface area contributed by atoms with Crippen LogP contribution in [0.3, 0.4) is 0 Å². The minimum Gasteiger partial charge on any atom is -0.346 e. The van der Waals surface area contributed by atoms with Gasteiger partial charge in [0.25, 0.3) is 5.91 Å². The highest BCUT2D eigenvalue weighted by molar-refractivity contribution is 7.91. The van der Waals surface area contributed by atoms with Crippen molar-refractivity contribution < 1.29 is 13.2 Å². The van der Waals surface area contributed by atoms with Gasteiger partial charge in [-0.3, -0.25) is 4.79 Å². The van der Waals surface area contributed by atoms with Crippen LogP contribution in [0.5, 0.6) is 0 Å². The second-order valence-electron chi connectivity index (χ2n) is 5.87. The summed E-state index contributed by atoms with van der Waals surface area (Å²) in [5, 5.41) is 6.99. The fraction of sp³-hybridized carbons (Fsp3) is 0.333. The smallest absolute Gasteiger partial charge is 0.254 e. The molecular weight excluding hydrogens is 302 g/mol. The van der Waals surface area contributed by atoms with Gasteiger partial charge in [0.05, 0.1) is 34.5 Å². The average molecular weight is 319 g/mol.